The van der Waals surface area contributed by atoms with Crippen LogP contribution in [0.1, 0.15) is 219 Å². The number of ether oxygens (including phenoxy) is 2. The summed E-state index contributed by atoms with van der Waals surface area (Å²) in [6.45, 7) is 4.22. The first-order valence-electron chi connectivity index (χ1n) is 23.4. The Kier molecular flexibility index (Phi) is 38.3. The molecule has 56 heavy (non-hydrogen) atoms. The third kappa shape index (κ3) is 42.4. The molecule has 2 atom stereocenters. The highest BCUT2D eigenvalue weighted by Gasteiger charge is 2.21. The molecule has 0 aliphatic carbocycles. The maximum atomic E-state index is 12.6. The molecule has 0 aliphatic heterocycles. The third-order valence-corrected chi connectivity index (χ3v) is 11.2. The van der Waals surface area contributed by atoms with Crippen LogP contribution in [0.2, 0.25) is 0 Å². The molecule has 0 rings (SSSR count). The SMILES string of the molecule is CCCCC/C=C\CCCCCCCC(=O)OC(COC(=O)CCCCCCCCCCCCCCCCCCCCCC)COP(=O)([O-])OCC[N+](C)(C)C. The van der Waals surface area contributed by atoms with Gasteiger partial charge in [0, 0.05) is 12.8 Å². The van der Waals surface area contributed by atoms with Crippen molar-refractivity contribution in [2.24, 2.45) is 0 Å². The molecule has 10 heteroatoms. The minimum atomic E-state index is -4.62. The fourth-order valence-corrected chi connectivity index (χ4v) is 7.32. The molecule has 332 valence electrons. The Morgan fingerprint density at radius 3 is 1.36 bits per heavy atom. The van der Waals surface area contributed by atoms with Crippen molar-refractivity contribution in [3.05, 3.63) is 12.2 Å². The van der Waals surface area contributed by atoms with E-state index in [0.29, 0.717) is 17.4 Å². The Labute approximate surface area is 346 Å². The molecule has 0 bridgehead atoms. The van der Waals surface area contributed by atoms with Gasteiger partial charge in [0.25, 0.3) is 7.82 Å². The highest BCUT2D eigenvalue weighted by atomic mass is 31.2. The molecule has 2 unspecified atom stereocenters. The number of hydrogen-bond donors (Lipinski definition) is 0. The number of allylic oxidation sites excluding steroid dienone is 2. The van der Waals surface area contributed by atoms with Crippen molar-refractivity contribution in [1.82, 2.24) is 0 Å². The summed E-state index contributed by atoms with van der Waals surface area (Å²) in [6, 6.07) is 0. The molecular weight excluding hydrogens is 725 g/mol. The van der Waals surface area contributed by atoms with Crippen molar-refractivity contribution < 1.29 is 42.1 Å². The van der Waals surface area contributed by atoms with Crippen LogP contribution in [0, 0.1) is 0 Å². The van der Waals surface area contributed by atoms with E-state index in [2.05, 4.69) is 26.0 Å². The number of phosphoric ester groups is 1. The Balaban J connectivity index is 4.22. The zero-order valence-corrected chi connectivity index (χ0v) is 38.2. The topological polar surface area (TPSA) is 111 Å². The van der Waals surface area contributed by atoms with Gasteiger partial charge in [-0.15, -0.1) is 0 Å². The van der Waals surface area contributed by atoms with Gasteiger partial charge in [-0.2, -0.15) is 0 Å². The van der Waals surface area contributed by atoms with Crippen LogP contribution in [-0.2, 0) is 32.7 Å². The molecule has 0 radical (unpaired) electrons. The van der Waals surface area contributed by atoms with Gasteiger partial charge in [-0.3, -0.25) is 14.2 Å². The fourth-order valence-electron chi connectivity index (χ4n) is 6.59. The van der Waals surface area contributed by atoms with Crippen LogP contribution in [0.5, 0.6) is 0 Å². The lowest BCUT2D eigenvalue weighted by Gasteiger charge is -2.28. The number of carbonyl (C=O) groups excluding carboxylic acids is 2. The average Bonchev–Trinajstić information content (AvgIpc) is 3.15. The predicted octanol–water partition coefficient (Wildman–Crippen LogP) is 12.7. The van der Waals surface area contributed by atoms with Crippen LogP contribution >= 0.6 is 7.82 Å². The van der Waals surface area contributed by atoms with E-state index in [9.17, 15) is 19.0 Å². The summed E-state index contributed by atoms with van der Waals surface area (Å²) in [6.07, 6.45) is 41.0. The maximum absolute atomic E-state index is 12.6. The quantitative estimate of drug-likeness (QED) is 0.0197. The number of nitrogens with zero attached hydrogens (tertiary/aromatic N) is 1. The number of quaternary nitrogens is 1. The monoisotopic (exact) mass is 816 g/mol. The molecule has 0 fully saturated rings. The van der Waals surface area contributed by atoms with Crippen molar-refractivity contribution in [1.29, 1.82) is 0 Å². The zero-order chi connectivity index (χ0) is 41.4. The van der Waals surface area contributed by atoms with Gasteiger partial charge in [0.05, 0.1) is 27.7 Å². The van der Waals surface area contributed by atoms with Gasteiger partial charge >= 0.3 is 11.9 Å². The summed E-state index contributed by atoms with van der Waals surface area (Å²) in [5.41, 5.74) is 0. The van der Waals surface area contributed by atoms with Crippen LogP contribution in [0.4, 0.5) is 0 Å². The average molecular weight is 816 g/mol. The lowest BCUT2D eigenvalue weighted by atomic mass is 10.0. The third-order valence-electron chi connectivity index (χ3n) is 10.3. The van der Waals surface area contributed by atoms with Crippen LogP contribution in [0.25, 0.3) is 0 Å². The van der Waals surface area contributed by atoms with Crippen molar-refractivity contribution in [3.8, 4) is 0 Å². The largest absolute Gasteiger partial charge is 0.756 e. The summed E-state index contributed by atoms with van der Waals surface area (Å²) in [7, 11) is 1.17. The van der Waals surface area contributed by atoms with Gasteiger partial charge < -0.3 is 27.9 Å². The number of rotatable bonds is 43. The number of carbonyl (C=O) groups is 2. The molecular formula is C46H90NO8P. The Hall–Kier alpha value is -1.25. The lowest BCUT2D eigenvalue weighted by molar-refractivity contribution is -0.870. The number of unbranched alkanes of at least 4 members (excludes halogenated alkanes) is 27. The van der Waals surface area contributed by atoms with Gasteiger partial charge in [-0.05, 0) is 38.5 Å². The molecule has 0 N–H and O–H groups in total. The van der Waals surface area contributed by atoms with Crippen molar-refractivity contribution in [3.63, 3.8) is 0 Å². The molecule has 0 aromatic heterocycles. The molecule has 0 aromatic carbocycles. The first kappa shape index (κ1) is 54.8. The van der Waals surface area contributed by atoms with Gasteiger partial charge in [-0.25, -0.2) is 0 Å². The zero-order valence-electron chi connectivity index (χ0n) is 37.3. The van der Waals surface area contributed by atoms with Crippen LogP contribution in [-0.4, -0.2) is 70.0 Å². The molecule has 0 saturated carbocycles. The number of esters is 2. The highest BCUT2D eigenvalue weighted by Crippen LogP contribution is 2.38. The molecule has 0 heterocycles. The summed E-state index contributed by atoms with van der Waals surface area (Å²) < 4.78 is 33.9. The number of hydrogen-bond acceptors (Lipinski definition) is 8. The van der Waals surface area contributed by atoms with E-state index in [1.165, 1.54) is 128 Å². The van der Waals surface area contributed by atoms with Crippen molar-refractivity contribution >= 4 is 19.8 Å². The van der Waals surface area contributed by atoms with Gasteiger partial charge in [0.2, 0.25) is 0 Å². The van der Waals surface area contributed by atoms with E-state index in [0.717, 1.165) is 57.8 Å². The van der Waals surface area contributed by atoms with E-state index < -0.39 is 26.5 Å². The van der Waals surface area contributed by atoms with Crippen LogP contribution < -0.4 is 4.89 Å². The van der Waals surface area contributed by atoms with Gasteiger partial charge in [0.1, 0.15) is 19.8 Å². The van der Waals surface area contributed by atoms with Crippen molar-refractivity contribution in [2.45, 2.75) is 225 Å². The van der Waals surface area contributed by atoms with Crippen molar-refractivity contribution in [2.75, 3.05) is 47.5 Å². The number of likely N-dealkylation sites (N-methyl/N-ethyl adjacent to an activating group) is 1. The highest BCUT2D eigenvalue weighted by molar-refractivity contribution is 7.45. The summed E-state index contributed by atoms with van der Waals surface area (Å²) in [5, 5.41) is 0. The van der Waals surface area contributed by atoms with Crippen LogP contribution in [0.15, 0.2) is 12.2 Å². The Morgan fingerprint density at radius 2 is 0.911 bits per heavy atom. The second-order valence-corrected chi connectivity index (χ2v) is 18.5. The minimum absolute atomic E-state index is 0.0293. The first-order chi connectivity index (χ1) is 27.0. The van der Waals surface area contributed by atoms with Gasteiger partial charge in [0.15, 0.2) is 6.10 Å². The molecule has 0 aromatic rings. The maximum Gasteiger partial charge on any atom is 0.306 e. The van der Waals surface area contributed by atoms with E-state index >= 15 is 0 Å². The summed E-state index contributed by atoms with van der Waals surface area (Å²) >= 11 is 0. The Morgan fingerprint density at radius 1 is 0.536 bits per heavy atom. The normalized spacial score (nSPS) is 13.6. The fraction of sp³-hybridized carbons (Fsp3) is 0.913. The lowest BCUT2D eigenvalue weighted by Crippen LogP contribution is -2.37. The molecule has 9 nitrogen and oxygen atoms in total. The van der Waals surface area contributed by atoms with E-state index in [4.69, 9.17) is 18.5 Å². The second-order valence-electron chi connectivity index (χ2n) is 17.1. The smallest absolute Gasteiger partial charge is 0.306 e. The van der Waals surface area contributed by atoms with E-state index in [1.807, 2.05) is 21.1 Å². The summed E-state index contributed by atoms with van der Waals surface area (Å²) in [5.74, 6) is -0.834. The standard InChI is InChI=1S/C46H90NO8P/c1-6-8-10-12-14-16-18-20-21-22-23-24-25-26-27-29-30-32-34-36-38-45(48)52-42-44(43-54-56(50,51)53-41-40-47(3,4)5)55-46(49)39-37-35-33-31-28-19-17-15-13-11-9-7-2/h15,17,44H,6-14,16,18-43H2,1-5H3/b17-15-. The van der Waals surface area contributed by atoms with Crippen LogP contribution in [0.3, 0.4) is 0 Å². The molecule has 0 spiro atoms. The predicted molar refractivity (Wildman–Crippen MR) is 231 cm³/mol. The van der Waals surface area contributed by atoms with Gasteiger partial charge in [-0.1, -0.05) is 180 Å². The minimum Gasteiger partial charge on any atom is -0.756 e. The van der Waals surface area contributed by atoms with E-state index in [1.54, 1.807) is 0 Å². The second kappa shape index (κ2) is 39.2. The molecule has 0 amide bonds. The van der Waals surface area contributed by atoms with E-state index in [-0.39, 0.29) is 32.0 Å². The Bertz CT molecular complexity index is 969. The number of phosphoric acid groups is 1. The molecule has 0 saturated heterocycles. The summed E-state index contributed by atoms with van der Waals surface area (Å²) in [4.78, 5) is 37.5. The first-order valence-corrected chi connectivity index (χ1v) is 24.9. The molecule has 0 aliphatic rings.